The minimum absolute atomic E-state index is 0.00359. The summed E-state index contributed by atoms with van der Waals surface area (Å²) in [5.74, 6) is 2.35. The van der Waals surface area contributed by atoms with Crippen molar-refractivity contribution in [1.29, 1.82) is 0 Å². The highest BCUT2D eigenvalue weighted by Gasteiger charge is 2.11. The number of aromatic nitrogens is 2. The SMILES string of the molecule is C#CCn1ncc(NC(CC)CO)c(Br)c1=O. The summed E-state index contributed by atoms with van der Waals surface area (Å²) in [7, 11) is 0. The fourth-order valence-electron chi connectivity index (χ4n) is 1.26. The average Bonchev–Trinajstić information content (AvgIpc) is 2.34. The molecule has 0 aliphatic heterocycles. The minimum Gasteiger partial charge on any atom is -0.394 e. The van der Waals surface area contributed by atoms with Crippen LogP contribution < -0.4 is 10.9 Å². The number of nitrogens with zero attached hydrogens (tertiary/aromatic N) is 2. The van der Waals surface area contributed by atoms with Crippen LogP contribution in [0.15, 0.2) is 15.5 Å². The lowest BCUT2D eigenvalue weighted by Gasteiger charge is -2.16. The average molecular weight is 300 g/mol. The molecule has 1 heterocycles. The zero-order valence-corrected chi connectivity index (χ0v) is 11.1. The van der Waals surface area contributed by atoms with Crippen LogP contribution in [0, 0.1) is 12.3 Å². The largest absolute Gasteiger partial charge is 0.394 e. The van der Waals surface area contributed by atoms with Crippen molar-refractivity contribution in [2.45, 2.75) is 25.9 Å². The number of nitrogens with one attached hydrogen (secondary N) is 1. The third-order valence-electron chi connectivity index (χ3n) is 2.30. The molecule has 0 spiro atoms. The maximum atomic E-state index is 11.8. The lowest BCUT2D eigenvalue weighted by molar-refractivity contribution is 0.271. The van der Waals surface area contributed by atoms with Crippen LogP contribution in [0.4, 0.5) is 5.69 Å². The normalized spacial score (nSPS) is 11.9. The summed E-state index contributed by atoms with van der Waals surface area (Å²) in [4.78, 5) is 11.8. The number of aliphatic hydroxyl groups is 1. The molecule has 0 amide bonds. The van der Waals surface area contributed by atoms with Crippen LogP contribution in [0.2, 0.25) is 0 Å². The number of hydrogen-bond donors (Lipinski definition) is 2. The Morgan fingerprint density at radius 2 is 2.47 bits per heavy atom. The Bertz CT molecular complexity index is 475. The molecule has 0 radical (unpaired) electrons. The summed E-state index contributed by atoms with van der Waals surface area (Å²) < 4.78 is 1.56. The molecule has 5 nitrogen and oxygen atoms in total. The first-order chi connectivity index (χ1) is 8.13. The van der Waals surface area contributed by atoms with Gasteiger partial charge in [0.2, 0.25) is 0 Å². The Balaban J connectivity index is 3.01. The van der Waals surface area contributed by atoms with Gasteiger partial charge in [-0.1, -0.05) is 12.8 Å². The van der Waals surface area contributed by atoms with E-state index in [9.17, 15) is 4.79 Å². The van der Waals surface area contributed by atoms with E-state index in [0.717, 1.165) is 6.42 Å². The molecule has 0 aromatic carbocycles. The maximum Gasteiger partial charge on any atom is 0.284 e. The van der Waals surface area contributed by atoms with Crippen LogP contribution in [-0.2, 0) is 6.54 Å². The van der Waals surface area contributed by atoms with Crippen LogP contribution in [0.25, 0.3) is 0 Å². The van der Waals surface area contributed by atoms with Gasteiger partial charge in [0.05, 0.1) is 18.5 Å². The fraction of sp³-hybridized carbons (Fsp3) is 0.455. The number of anilines is 1. The van der Waals surface area contributed by atoms with Crippen LogP contribution >= 0.6 is 15.9 Å². The molecule has 0 fully saturated rings. The number of rotatable bonds is 5. The zero-order chi connectivity index (χ0) is 12.8. The highest BCUT2D eigenvalue weighted by atomic mass is 79.9. The number of terminal acetylenes is 1. The third-order valence-corrected chi connectivity index (χ3v) is 3.07. The van der Waals surface area contributed by atoms with Crippen molar-refractivity contribution in [3.05, 3.63) is 21.0 Å². The molecular weight excluding hydrogens is 286 g/mol. The monoisotopic (exact) mass is 299 g/mol. The van der Waals surface area contributed by atoms with Gasteiger partial charge in [-0.05, 0) is 22.4 Å². The topological polar surface area (TPSA) is 67.2 Å². The Labute approximate surface area is 108 Å². The second kappa shape index (κ2) is 6.42. The van der Waals surface area contributed by atoms with Gasteiger partial charge in [0.25, 0.3) is 5.56 Å². The van der Waals surface area contributed by atoms with Gasteiger partial charge >= 0.3 is 0 Å². The second-order valence-electron chi connectivity index (χ2n) is 3.47. The molecule has 17 heavy (non-hydrogen) atoms. The highest BCUT2D eigenvalue weighted by molar-refractivity contribution is 9.10. The van der Waals surface area contributed by atoms with Gasteiger partial charge in [0.15, 0.2) is 0 Å². The molecule has 1 unspecified atom stereocenters. The van der Waals surface area contributed by atoms with Crippen molar-refractivity contribution in [3.8, 4) is 12.3 Å². The first-order valence-corrected chi connectivity index (χ1v) is 5.99. The van der Waals surface area contributed by atoms with E-state index in [-0.39, 0.29) is 24.8 Å². The first-order valence-electron chi connectivity index (χ1n) is 5.20. The highest BCUT2D eigenvalue weighted by Crippen LogP contribution is 2.17. The van der Waals surface area contributed by atoms with E-state index in [0.29, 0.717) is 10.2 Å². The number of hydrogen-bond acceptors (Lipinski definition) is 4. The molecular formula is C11H14BrN3O2. The first kappa shape index (κ1) is 13.7. The van der Waals surface area contributed by atoms with Crippen LogP contribution in [-0.4, -0.2) is 27.5 Å². The Hall–Kier alpha value is -1.32. The van der Waals surface area contributed by atoms with Crippen molar-refractivity contribution >= 4 is 21.6 Å². The standard InChI is InChI=1S/C11H14BrN3O2/c1-3-5-15-11(17)10(12)9(6-13-15)14-8(4-2)7-16/h1,6,8,14,16H,4-5,7H2,2H3. The third kappa shape index (κ3) is 3.32. The zero-order valence-electron chi connectivity index (χ0n) is 9.48. The van der Waals surface area contributed by atoms with Crippen molar-refractivity contribution in [2.75, 3.05) is 11.9 Å². The van der Waals surface area contributed by atoms with Crippen LogP contribution in [0.1, 0.15) is 13.3 Å². The minimum atomic E-state index is -0.291. The molecule has 0 saturated heterocycles. The van der Waals surface area contributed by atoms with E-state index >= 15 is 0 Å². The smallest absolute Gasteiger partial charge is 0.284 e. The summed E-state index contributed by atoms with van der Waals surface area (Å²) in [6.07, 6.45) is 7.39. The molecule has 92 valence electrons. The molecule has 1 rings (SSSR count). The van der Waals surface area contributed by atoms with Gasteiger partial charge in [-0.25, -0.2) is 4.68 Å². The Morgan fingerprint density at radius 1 is 1.76 bits per heavy atom. The van der Waals surface area contributed by atoms with E-state index in [2.05, 4.69) is 32.3 Å². The van der Waals surface area contributed by atoms with Crippen molar-refractivity contribution in [2.24, 2.45) is 0 Å². The number of halogens is 1. The molecule has 1 aromatic rings. The van der Waals surface area contributed by atoms with Gasteiger partial charge < -0.3 is 10.4 Å². The second-order valence-corrected chi connectivity index (χ2v) is 4.26. The molecule has 1 atom stereocenters. The maximum absolute atomic E-state index is 11.8. The quantitative estimate of drug-likeness (QED) is 0.790. The van der Waals surface area contributed by atoms with E-state index < -0.39 is 0 Å². The summed E-state index contributed by atoms with van der Waals surface area (Å²) in [5, 5.41) is 16.0. The van der Waals surface area contributed by atoms with E-state index in [4.69, 9.17) is 11.5 Å². The van der Waals surface area contributed by atoms with Gasteiger partial charge in [0, 0.05) is 6.04 Å². The van der Waals surface area contributed by atoms with Crippen LogP contribution in [0.5, 0.6) is 0 Å². The summed E-state index contributed by atoms with van der Waals surface area (Å²) in [6, 6.07) is -0.101. The Kier molecular flexibility index (Phi) is 5.19. The van der Waals surface area contributed by atoms with Crippen molar-refractivity contribution in [3.63, 3.8) is 0 Å². The number of aliphatic hydroxyl groups excluding tert-OH is 1. The summed E-state index contributed by atoms with van der Waals surface area (Å²) in [6.45, 7) is 2.07. The van der Waals surface area contributed by atoms with Crippen LogP contribution in [0.3, 0.4) is 0 Å². The summed E-state index contributed by atoms with van der Waals surface area (Å²) >= 11 is 3.20. The predicted octanol–water partition coefficient (Wildman–Crippen LogP) is 0.822. The molecule has 0 bridgehead atoms. The molecule has 2 N–H and O–H groups in total. The van der Waals surface area contributed by atoms with Gasteiger partial charge in [-0.3, -0.25) is 4.79 Å². The molecule has 0 aliphatic rings. The fourth-order valence-corrected chi connectivity index (χ4v) is 1.68. The lowest BCUT2D eigenvalue weighted by Crippen LogP contribution is -2.28. The molecule has 1 aromatic heterocycles. The lowest BCUT2D eigenvalue weighted by atomic mass is 10.2. The van der Waals surface area contributed by atoms with Crippen molar-refractivity contribution < 1.29 is 5.11 Å². The van der Waals surface area contributed by atoms with Gasteiger partial charge in [0.1, 0.15) is 11.0 Å². The van der Waals surface area contributed by atoms with Crippen molar-refractivity contribution in [1.82, 2.24) is 9.78 Å². The molecule has 0 saturated carbocycles. The summed E-state index contributed by atoms with van der Waals surface area (Å²) in [5.41, 5.74) is 0.268. The van der Waals surface area contributed by atoms with E-state index in [1.54, 1.807) is 0 Å². The Morgan fingerprint density at radius 3 is 3.00 bits per heavy atom. The van der Waals surface area contributed by atoms with Gasteiger partial charge in [-0.15, -0.1) is 6.42 Å². The predicted molar refractivity (Wildman–Crippen MR) is 69.8 cm³/mol. The van der Waals surface area contributed by atoms with Gasteiger partial charge in [-0.2, -0.15) is 5.10 Å². The molecule has 0 aliphatic carbocycles. The van der Waals surface area contributed by atoms with E-state index in [1.807, 2.05) is 6.92 Å². The molecule has 6 heteroatoms. The van der Waals surface area contributed by atoms with E-state index in [1.165, 1.54) is 10.9 Å².